The number of aromatic hydroxyl groups is 1. The molecule has 2 nitrogen and oxygen atoms in total. The molecule has 0 spiro atoms. The molecule has 0 aliphatic heterocycles. The summed E-state index contributed by atoms with van der Waals surface area (Å²) in [5.41, 5.74) is 3.11. The monoisotopic (exact) mass is 330 g/mol. The maximum absolute atomic E-state index is 15.4. The number of alkyl halides is 1. The molecule has 3 heteroatoms. The molecule has 1 aromatic rings. The second-order valence-corrected chi connectivity index (χ2v) is 8.72. The van der Waals surface area contributed by atoms with E-state index in [2.05, 4.69) is 13.5 Å². The standard InChI is InChI=1S/C21H27FO2/c1-11(2)16-7-12-6-13(23)4-5-15(12)20-18(22)10-21(3)9-14(24)8-17(21)19(16)20/h4-6,14,16-20,23-24H,1,7-10H2,2-3H3/t14-,16+,17-,18-,19-,20-,21-/m0/s1. The van der Waals surface area contributed by atoms with Gasteiger partial charge in [0, 0.05) is 5.92 Å². The first-order valence-electron chi connectivity index (χ1n) is 9.09. The van der Waals surface area contributed by atoms with E-state index in [1.165, 1.54) is 0 Å². The van der Waals surface area contributed by atoms with Gasteiger partial charge in [0.1, 0.15) is 11.9 Å². The fraction of sp³-hybridized carbons (Fsp3) is 0.619. The Kier molecular flexibility index (Phi) is 3.58. The number of allylic oxidation sites excluding steroid dienone is 1. The van der Waals surface area contributed by atoms with Gasteiger partial charge in [-0.05, 0) is 79.0 Å². The Morgan fingerprint density at radius 2 is 2.08 bits per heavy atom. The number of phenols is 1. The summed E-state index contributed by atoms with van der Waals surface area (Å²) in [4.78, 5) is 0. The van der Waals surface area contributed by atoms with Gasteiger partial charge >= 0.3 is 0 Å². The van der Waals surface area contributed by atoms with Crippen LogP contribution in [0.1, 0.15) is 50.2 Å². The van der Waals surface area contributed by atoms with Crippen molar-refractivity contribution in [2.75, 3.05) is 0 Å². The molecular formula is C21H27FO2. The predicted octanol–water partition coefficient (Wildman–Crippen LogP) is 4.36. The average molecular weight is 330 g/mol. The summed E-state index contributed by atoms with van der Waals surface area (Å²) in [6.07, 6.45) is 1.63. The number of hydrogen-bond donors (Lipinski definition) is 2. The SMILES string of the molecule is C=C(C)[C@H]1Cc2cc(O)ccc2[C@@H]2[C@@H]1[C@@H]1C[C@H](O)C[C@@]1(C)C[C@@H]2F. The molecule has 0 bridgehead atoms. The molecule has 1 aromatic carbocycles. The first-order valence-corrected chi connectivity index (χ1v) is 9.09. The molecule has 4 rings (SSSR count). The first kappa shape index (κ1) is 16.1. The summed E-state index contributed by atoms with van der Waals surface area (Å²) in [6, 6.07) is 5.39. The Bertz CT molecular complexity index is 684. The third-order valence-electron chi connectivity index (χ3n) is 7.08. The predicted molar refractivity (Wildman–Crippen MR) is 92.7 cm³/mol. The second-order valence-electron chi connectivity index (χ2n) is 8.72. The van der Waals surface area contributed by atoms with E-state index in [0.717, 1.165) is 29.5 Å². The van der Waals surface area contributed by atoms with E-state index in [1.807, 2.05) is 13.0 Å². The number of aliphatic hydroxyl groups is 1. The molecule has 2 saturated carbocycles. The van der Waals surface area contributed by atoms with E-state index in [4.69, 9.17) is 0 Å². The smallest absolute Gasteiger partial charge is 0.115 e. The fourth-order valence-corrected chi connectivity index (χ4v) is 6.17. The quantitative estimate of drug-likeness (QED) is 0.751. The van der Waals surface area contributed by atoms with Crippen LogP contribution in [0.4, 0.5) is 4.39 Å². The highest BCUT2D eigenvalue weighted by Crippen LogP contribution is 2.63. The molecule has 0 saturated heterocycles. The van der Waals surface area contributed by atoms with Gasteiger partial charge in [-0.2, -0.15) is 0 Å². The molecule has 24 heavy (non-hydrogen) atoms. The van der Waals surface area contributed by atoms with E-state index in [-0.39, 0.29) is 35.0 Å². The van der Waals surface area contributed by atoms with E-state index in [9.17, 15) is 10.2 Å². The van der Waals surface area contributed by atoms with E-state index in [0.29, 0.717) is 18.8 Å². The maximum atomic E-state index is 15.4. The first-order chi connectivity index (χ1) is 11.3. The fourth-order valence-electron chi connectivity index (χ4n) is 6.17. The van der Waals surface area contributed by atoms with E-state index < -0.39 is 6.17 Å². The van der Waals surface area contributed by atoms with Crippen LogP contribution in [0.2, 0.25) is 0 Å². The summed E-state index contributed by atoms with van der Waals surface area (Å²) in [5, 5.41) is 20.1. The van der Waals surface area contributed by atoms with Gasteiger partial charge in [-0.3, -0.25) is 0 Å². The molecule has 0 unspecified atom stereocenters. The van der Waals surface area contributed by atoms with Crippen LogP contribution in [0.5, 0.6) is 5.75 Å². The third-order valence-corrected chi connectivity index (χ3v) is 7.08. The number of fused-ring (bicyclic) bond motifs is 5. The number of rotatable bonds is 1. The Balaban J connectivity index is 1.85. The third kappa shape index (κ3) is 2.24. The lowest BCUT2D eigenvalue weighted by Gasteiger charge is -2.53. The highest BCUT2D eigenvalue weighted by atomic mass is 19.1. The number of halogens is 1. The molecular weight excluding hydrogens is 303 g/mol. The van der Waals surface area contributed by atoms with Crippen LogP contribution in [-0.2, 0) is 6.42 Å². The van der Waals surface area contributed by atoms with Crippen LogP contribution < -0.4 is 0 Å². The van der Waals surface area contributed by atoms with Gasteiger partial charge in [0.05, 0.1) is 6.10 Å². The number of benzene rings is 1. The van der Waals surface area contributed by atoms with Crippen molar-refractivity contribution in [1.29, 1.82) is 0 Å². The van der Waals surface area contributed by atoms with Crippen molar-refractivity contribution in [2.45, 2.75) is 57.7 Å². The molecule has 3 aliphatic carbocycles. The van der Waals surface area contributed by atoms with Gasteiger partial charge in [0.15, 0.2) is 0 Å². The molecule has 0 amide bonds. The lowest BCUT2D eigenvalue weighted by atomic mass is 9.51. The van der Waals surface area contributed by atoms with Crippen LogP contribution >= 0.6 is 0 Å². The molecule has 3 aliphatic rings. The van der Waals surface area contributed by atoms with Gasteiger partial charge in [-0.15, -0.1) is 0 Å². The summed E-state index contributed by atoms with van der Waals surface area (Å²) >= 11 is 0. The molecule has 0 aromatic heterocycles. The molecule has 2 fully saturated rings. The van der Waals surface area contributed by atoms with E-state index >= 15 is 4.39 Å². The number of aliphatic hydroxyl groups excluding tert-OH is 1. The van der Waals surface area contributed by atoms with Crippen molar-refractivity contribution in [1.82, 2.24) is 0 Å². The van der Waals surface area contributed by atoms with Crippen LogP contribution in [0.25, 0.3) is 0 Å². The Morgan fingerprint density at radius 1 is 1.33 bits per heavy atom. The van der Waals surface area contributed by atoms with Gasteiger partial charge in [0.25, 0.3) is 0 Å². The second kappa shape index (κ2) is 5.32. The summed E-state index contributed by atoms with van der Waals surface area (Å²) < 4.78 is 15.4. The maximum Gasteiger partial charge on any atom is 0.115 e. The molecule has 130 valence electrons. The highest BCUT2D eigenvalue weighted by Gasteiger charge is 2.58. The van der Waals surface area contributed by atoms with E-state index in [1.54, 1.807) is 12.1 Å². The minimum absolute atomic E-state index is 0.109. The summed E-state index contributed by atoms with van der Waals surface area (Å²) in [6.45, 7) is 8.41. The van der Waals surface area contributed by atoms with Crippen molar-refractivity contribution in [2.24, 2.45) is 23.2 Å². The lowest BCUT2D eigenvalue weighted by Crippen LogP contribution is -2.49. The minimum atomic E-state index is -0.896. The van der Waals surface area contributed by atoms with Gasteiger partial charge in [-0.25, -0.2) is 4.39 Å². The molecule has 0 heterocycles. The van der Waals surface area contributed by atoms with Crippen LogP contribution in [-0.4, -0.2) is 22.5 Å². The van der Waals surface area contributed by atoms with Gasteiger partial charge in [-0.1, -0.05) is 25.1 Å². The zero-order valence-electron chi connectivity index (χ0n) is 14.5. The molecule has 0 radical (unpaired) electrons. The molecule has 2 N–H and O–H groups in total. The van der Waals surface area contributed by atoms with Crippen molar-refractivity contribution in [3.05, 3.63) is 41.5 Å². The van der Waals surface area contributed by atoms with Gasteiger partial charge < -0.3 is 10.2 Å². The zero-order chi connectivity index (χ0) is 17.2. The van der Waals surface area contributed by atoms with Crippen LogP contribution in [0, 0.1) is 23.2 Å². The lowest BCUT2D eigenvalue weighted by molar-refractivity contribution is -0.0162. The zero-order valence-corrected chi connectivity index (χ0v) is 14.5. The largest absolute Gasteiger partial charge is 0.508 e. The Morgan fingerprint density at radius 3 is 2.79 bits per heavy atom. The van der Waals surface area contributed by atoms with Crippen molar-refractivity contribution >= 4 is 0 Å². The number of phenolic OH excluding ortho intramolecular Hbond substituents is 1. The minimum Gasteiger partial charge on any atom is -0.508 e. The average Bonchev–Trinajstić information content (AvgIpc) is 2.79. The van der Waals surface area contributed by atoms with Crippen LogP contribution in [0.3, 0.4) is 0 Å². The summed E-state index contributed by atoms with van der Waals surface area (Å²) in [7, 11) is 0. The topological polar surface area (TPSA) is 40.5 Å². The van der Waals surface area contributed by atoms with Gasteiger partial charge in [0.2, 0.25) is 0 Å². The number of hydrogen-bond acceptors (Lipinski definition) is 2. The Labute approximate surface area is 143 Å². The van der Waals surface area contributed by atoms with Crippen LogP contribution in [0.15, 0.2) is 30.4 Å². The van der Waals surface area contributed by atoms with Crippen molar-refractivity contribution in [3.8, 4) is 5.75 Å². The highest BCUT2D eigenvalue weighted by molar-refractivity contribution is 5.42. The normalized spacial score (nSPS) is 43.7. The van der Waals surface area contributed by atoms with Crippen molar-refractivity contribution in [3.63, 3.8) is 0 Å². The Hall–Kier alpha value is -1.35. The molecule has 7 atom stereocenters. The summed E-state index contributed by atoms with van der Waals surface area (Å²) in [5.74, 6) is 0.871. The van der Waals surface area contributed by atoms with Crippen molar-refractivity contribution < 1.29 is 14.6 Å².